The molecule has 3 fully saturated rings. The van der Waals surface area contributed by atoms with Crippen molar-refractivity contribution in [2.75, 3.05) is 19.6 Å². The highest BCUT2D eigenvalue weighted by Gasteiger charge is 2.36. The van der Waals surface area contributed by atoms with E-state index in [0.29, 0.717) is 18.8 Å². The Hall–Kier alpha value is -2.21. The molecule has 2 aromatic rings. The van der Waals surface area contributed by atoms with E-state index in [1.165, 1.54) is 18.6 Å². The van der Waals surface area contributed by atoms with E-state index in [0.717, 1.165) is 55.2 Å². The van der Waals surface area contributed by atoms with Crippen molar-refractivity contribution in [3.63, 3.8) is 0 Å². The van der Waals surface area contributed by atoms with Crippen LogP contribution < -0.4 is 0 Å². The van der Waals surface area contributed by atoms with Crippen LogP contribution in [0.1, 0.15) is 41.8 Å². The Morgan fingerprint density at radius 2 is 1.96 bits per heavy atom. The number of aromatic nitrogens is 1. The smallest absolute Gasteiger partial charge is 0.223 e. The normalized spacial score (nSPS) is 22.5. The van der Waals surface area contributed by atoms with E-state index in [9.17, 15) is 9.18 Å². The van der Waals surface area contributed by atoms with E-state index in [4.69, 9.17) is 4.52 Å². The summed E-state index contributed by atoms with van der Waals surface area (Å²) in [6.45, 7) is 7.39. The Balaban J connectivity index is 1.38. The molecule has 0 radical (unpaired) electrons. The zero-order valence-corrected chi connectivity index (χ0v) is 16.7. The molecule has 5 nitrogen and oxygen atoms in total. The number of hydrogen-bond acceptors (Lipinski definition) is 4. The average molecular weight is 385 g/mol. The molecule has 0 unspecified atom stereocenters. The number of carbonyl (C=O) groups is 1. The lowest BCUT2D eigenvalue weighted by molar-refractivity contribution is -0.135. The van der Waals surface area contributed by atoms with Crippen molar-refractivity contribution < 1.29 is 13.7 Å². The molecule has 0 spiro atoms. The van der Waals surface area contributed by atoms with Crippen LogP contribution in [0.5, 0.6) is 0 Å². The lowest BCUT2D eigenvalue weighted by Gasteiger charge is -2.36. The van der Waals surface area contributed by atoms with Crippen LogP contribution in [0.25, 0.3) is 0 Å². The first-order valence-corrected chi connectivity index (χ1v) is 10.2. The first-order valence-electron chi connectivity index (χ1n) is 10.2. The summed E-state index contributed by atoms with van der Waals surface area (Å²) in [6, 6.07) is 7.03. The van der Waals surface area contributed by atoms with Gasteiger partial charge in [-0.3, -0.25) is 9.69 Å². The zero-order valence-electron chi connectivity index (χ0n) is 16.7. The van der Waals surface area contributed by atoms with Gasteiger partial charge in [-0.25, -0.2) is 4.39 Å². The number of carbonyl (C=O) groups excluding carboxylic acids is 1. The van der Waals surface area contributed by atoms with Crippen LogP contribution in [-0.2, 0) is 17.8 Å². The molecule has 150 valence electrons. The molecule has 6 heteroatoms. The summed E-state index contributed by atoms with van der Waals surface area (Å²) >= 11 is 0. The lowest BCUT2D eigenvalue weighted by atomic mass is 9.94. The van der Waals surface area contributed by atoms with E-state index < -0.39 is 0 Å². The van der Waals surface area contributed by atoms with Gasteiger partial charge in [-0.15, -0.1) is 0 Å². The van der Waals surface area contributed by atoms with Crippen molar-refractivity contribution in [3.8, 4) is 0 Å². The number of aryl methyl sites for hydroxylation is 2. The first kappa shape index (κ1) is 19.1. The molecule has 0 aliphatic carbocycles. The van der Waals surface area contributed by atoms with E-state index in [1.807, 2.05) is 26.0 Å². The van der Waals surface area contributed by atoms with Crippen molar-refractivity contribution in [2.24, 2.45) is 5.92 Å². The number of halogens is 1. The zero-order chi connectivity index (χ0) is 19.7. The second-order valence-electron chi connectivity index (χ2n) is 8.27. The molecule has 28 heavy (non-hydrogen) atoms. The maximum atomic E-state index is 13.2. The summed E-state index contributed by atoms with van der Waals surface area (Å²) in [4.78, 5) is 17.5. The molecule has 1 aromatic carbocycles. The quantitative estimate of drug-likeness (QED) is 0.791. The molecule has 2 bridgehead atoms. The van der Waals surface area contributed by atoms with E-state index >= 15 is 0 Å². The first-order chi connectivity index (χ1) is 13.5. The standard InChI is InChI=1S/C22H28FN3O2/c1-15-21(16(2)28-24-15)9-10-22(27)26-13-18-5-8-20(26)14-25(12-18)11-17-3-6-19(23)7-4-17/h3-4,6-7,18,20H,5,8-14H2,1-2H3/t18-,20+/m0/s1. The summed E-state index contributed by atoms with van der Waals surface area (Å²) < 4.78 is 18.4. The maximum Gasteiger partial charge on any atom is 0.223 e. The summed E-state index contributed by atoms with van der Waals surface area (Å²) in [5.41, 5.74) is 3.07. The number of fused-ring (bicyclic) bond motifs is 4. The number of piperidine rings is 1. The minimum Gasteiger partial charge on any atom is -0.361 e. The second-order valence-corrected chi connectivity index (χ2v) is 8.27. The number of rotatable bonds is 5. The van der Waals surface area contributed by atoms with Gasteiger partial charge in [0.2, 0.25) is 5.91 Å². The van der Waals surface area contributed by atoms with E-state index in [1.54, 1.807) is 0 Å². The van der Waals surface area contributed by atoms with Gasteiger partial charge < -0.3 is 9.42 Å². The van der Waals surface area contributed by atoms with Gasteiger partial charge in [0, 0.05) is 44.2 Å². The van der Waals surface area contributed by atoms with Crippen LogP contribution in [0, 0.1) is 25.6 Å². The third kappa shape index (κ3) is 4.12. The Labute approximate surface area is 165 Å². The van der Waals surface area contributed by atoms with Crippen molar-refractivity contribution in [3.05, 3.63) is 52.7 Å². The highest BCUT2D eigenvalue weighted by atomic mass is 19.1. The molecule has 3 aliphatic rings. The van der Waals surface area contributed by atoms with Crippen molar-refractivity contribution >= 4 is 5.91 Å². The molecule has 5 rings (SSSR count). The predicted molar refractivity (Wildman–Crippen MR) is 104 cm³/mol. The monoisotopic (exact) mass is 385 g/mol. The molecule has 3 aliphatic heterocycles. The molecule has 0 N–H and O–H groups in total. The average Bonchev–Trinajstić information content (AvgIpc) is 2.85. The minimum atomic E-state index is -0.199. The van der Waals surface area contributed by atoms with Crippen molar-refractivity contribution in [1.82, 2.24) is 15.0 Å². The molecular weight excluding hydrogens is 357 g/mol. The van der Waals surface area contributed by atoms with Crippen LogP contribution >= 0.6 is 0 Å². The van der Waals surface area contributed by atoms with Gasteiger partial charge in [-0.2, -0.15) is 0 Å². The van der Waals surface area contributed by atoms with Gasteiger partial charge in [0.25, 0.3) is 0 Å². The number of hydrogen-bond donors (Lipinski definition) is 0. The van der Waals surface area contributed by atoms with Gasteiger partial charge in [-0.05, 0) is 56.7 Å². The van der Waals surface area contributed by atoms with Gasteiger partial charge in [0.15, 0.2) is 0 Å². The Morgan fingerprint density at radius 3 is 2.68 bits per heavy atom. The van der Waals surface area contributed by atoms with Gasteiger partial charge >= 0.3 is 0 Å². The topological polar surface area (TPSA) is 49.6 Å². The fourth-order valence-electron chi connectivity index (χ4n) is 4.70. The summed E-state index contributed by atoms with van der Waals surface area (Å²) in [7, 11) is 0. The number of amides is 1. The molecule has 1 aromatic heterocycles. The van der Waals surface area contributed by atoms with Crippen molar-refractivity contribution in [2.45, 2.75) is 52.1 Å². The fraction of sp³-hybridized carbons (Fsp3) is 0.545. The molecule has 4 heterocycles. The third-order valence-electron chi connectivity index (χ3n) is 6.20. The van der Waals surface area contributed by atoms with Crippen LogP contribution in [0.2, 0.25) is 0 Å². The van der Waals surface area contributed by atoms with Gasteiger partial charge in [-0.1, -0.05) is 17.3 Å². The second kappa shape index (κ2) is 8.03. The van der Waals surface area contributed by atoms with Crippen LogP contribution in [0.3, 0.4) is 0 Å². The van der Waals surface area contributed by atoms with E-state index in [-0.39, 0.29) is 17.8 Å². The Morgan fingerprint density at radius 1 is 1.18 bits per heavy atom. The molecule has 0 saturated carbocycles. The lowest BCUT2D eigenvalue weighted by Crippen LogP contribution is -2.47. The number of benzene rings is 1. The van der Waals surface area contributed by atoms with Gasteiger partial charge in [0.1, 0.15) is 11.6 Å². The fourth-order valence-corrected chi connectivity index (χ4v) is 4.70. The molecule has 1 amide bonds. The minimum absolute atomic E-state index is 0.199. The molecule has 2 atom stereocenters. The van der Waals surface area contributed by atoms with Gasteiger partial charge in [0.05, 0.1) is 5.69 Å². The highest BCUT2D eigenvalue weighted by molar-refractivity contribution is 5.77. The maximum absolute atomic E-state index is 13.2. The van der Waals surface area contributed by atoms with Crippen LogP contribution in [0.15, 0.2) is 28.8 Å². The third-order valence-corrected chi connectivity index (χ3v) is 6.20. The Bertz CT molecular complexity index is 813. The van der Waals surface area contributed by atoms with Crippen LogP contribution in [0.4, 0.5) is 4.39 Å². The summed E-state index contributed by atoms with van der Waals surface area (Å²) in [6.07, 6.45) is 3.44. The Kier molecular flexibility index (Phi) is 5.49. The summed E-state index contributed by atoms with van der Waals surface area (Å²) in [5, 5.41) is 3.98. The largest absolute Gasteiger partial charge is 0.361 e. The van der Waals surface area contributed by atoms with Crippen LogP contribution in [-0.4, -0.2) is 46.5 Å². The SMILES string of the molecule is Cc1noc(C)c1CCC(=O)N1C[C@H]2CC[C@@H]1CN(Cc1ccc(F)cc1)C2. The highest BCUT2D eigenvalue weighted by Crippen LogP contribution is 2.29. The number of nitrogens with zero attached hydrogens (tertiary/aromatic N) is 3. The summed E-state index contributed by atoms with van der Waals surface area (Å²) in [5.74, 6) is 1.36. The van der Waals surface area contributed by atoms with Crippen molar-refractivity contribution in [1.29, 1.82) is 0 Å². The molecule has 3 saturated heterocycles. The predicted octanol–water partition coefficient (Wildman–Crippen LogP) is 3.49. The van der Waals surface area contributed by atoms with E-state index in [2.05, 4.69) is 15.0 Å². The molecular formula is C22H28FN3O2.